The number of carbonyl (C=O) groups is 1. The average molecular weight is 326 g/mol. The van der Waals surface area contributed by atoms with Crippen LogP contribution in [0.4, 0.5) is 8.78 Å². The molecule has 0 radical (unpaired) electrons. The van der Waals surface area contributed by atoms with Crippen LogP contribution in [0.1, 0.15) is 15.9 Å². The monoisotopic (exact) mass is 326 g/mol. The van der Waals surface area contributed by atoms with Crippen molar-refractivity contribution in [3.8, 4) is 0 Å². The maximum atomic E-state index is 13.5. The number of benzene rings is 2. The van der Waals surface area contributed by atoms with E-state index in [1.165, 1.54) is 24.3 Å². The van der Waals surface area contributed by atoms with Crippen molar-refractivity contribution in [3.05, 3.63) is 65.2 Å². The average Bonchev–Trinajstić information content (AvgIpc) is 2.45. The molecule has 0 unspecified atom stereocenters. The standard InChI is InChI=1S/C14H11F2NO4S/c15-11-2-1-3-12(16)13(11)22(20,21)17-8-9-4-6-10(7-5-9)14(18)19/h1-7,17H,8H2,(H,18,19)/p-1. The van der Waals surface area contributed by atoms with Crippen molar-refractivity contribution in [2.75, 3.05) is 0 Å². The summed E-state index contributed by atoms with van der Waals surface area (Å²) in [7, 11) is -4.37. The normalized spacial score (nSPS) is 11.4. The van der Waals surface area contributed by atoms with Crippen molar-refractivity contribution >= 4 is 16.0 Å². The molecule has 5 nitrogen and oxygen atoms in total. The number of aromatic carboxylic acids is 1. The first kappa shape index (κ1) is 16.1. The summed E-state index contributed by atoms with van der Waals surface area (Å²) in [6, 6.07) is 7.95. The van der Waals surface area contributed by atoms with Crippen LogP contribution in [-0.2, 0) is 16.6 Å². The Kier molecular flexibility index (Phi) is 4.53. The van der Waals surface area contributed by atoms with E-state index in [0.717, 1.165) is 18.2 Å². The number of hydrogen-bond donors (Lipinski definition) is 1. The topological polar surface area (TPSA) is 86.3 Å². The minimum atomic E-state index is -4.37. The highest BCUT2D eigenvalue weighted by Gasteiger charge is 2.23. The molecule has 2 rings (SSSR count). The summed E-state index contributed by atoms with van der Waals surface area (Å²) in [6.45, 7) is -0.247. The molecule has 0 aliphatic carbocycles. The van der Waals surface area contributed by atoms with Gasteiger partial charge in [-0.25, -0.2) is 21.9 Å². The van der Waals surface area contributed by atoms with E-state index >= 15 is 0 Å². The second-order valence-electron chi connectivity index (χ2n) is 4.36. The van der Waals surface area contributed by atoms with Gasteiger partial charge in [-0.05, 0) is 23.3 Å². The molecule has 2 aromatic rings. The van der Waals surface area contributed by atoms with Gasteiger partial charge in [-0.1, -0.05) is 30.3 Å². The van der Waals surface area contributed by atoms with Crippen LogP contribution in [0.5, 0.6) is 0 Å². The molecule has 0 aliphatic rings. The SMILES string of the molecule is O=C([O-])c1ccc(CNS(=O)(=O)c2c(F)cccc2F)cc1. The summed E-state index contributed by atoms with van der Waals surface area (Å²) in [5.41, 5.74) is 0.358. The number of sulfonamides is 1. The molecule has 0 amide bonds. The first-order chi connectivity index (χ1) is 10.3. The summed E-state index contributed by atoms with van der Waals surface area (Å²) in [6.07, 6.45) is 0. The highest BCUT2D eigenvalue weighted by atomic mass is 32.2. The second kappa shape index (κ2) is 6.20. The molecule has 0 saturated heterocycles. The van der Waals surface area contributed by atoms with Crippen LogP contribution in [0.25, 0.3) is 0 Å². The molecule has 116 valence electrons. The lowest BCUT2D eigenvalue weighted by atomic mass is 10.1. The maximum Gasteiger partial charge on any atom is 0.246 e. The zero-order valence-electron chi connectivity index (χ0n) is 11.0. The van der Waals surface area contributed by atoms with E-state index in [-0.39, 0.29) is 12.1 Å². The third kappa shape index (κ3) is 3.46. The molecule has 0 saturated carbocycles. The van der Waals surface area contributed by atoms with Crippen LogP contribution in [0, 0.1) is 11.6 Å². The van der Waals surface area contributed by atoms with Gasteiger partial charge in [0.25, 0.3) is 0 Å². The molecule has 0 bridgehead atoms. The predicted octanol–water partition coefficient (Wildman–Crippen LogP) is 0.807. The van der Waals surface area contributed by atoms with Crippen LogP contribution in [-0.4, -0.2) is 14.4 Å². The lowest BCUT2D eigenvalue weighted by molar-refractivity contribution is -0.255. The minimum absolute atomic E-state index is 0.0632. The van der Waals surface area contributed by atoms with E-state index in [1.807, 2.05) is 0 Å². The Bertz CT molecular complexity index is 784. The predicted molar refractivity (Wildman–Crippen MR) is 71.2 cm³/mol. The summed E-state index contributed by atoms with van der Waals surface area (Å²) in [5.74, 6) is -3.75. The van der Waals surface area contributed by atoms with E-state index in [0.29, 0.717) is 5.56 Å². The molecular weight excluding hydrogens is 316 g/mol. The van der Waals surface area contributed by atoms with Gasteiger partial charge in [-0.2, -0.15) is 0 Å². The van der Waals surface area contributed by atoms with E-state index in [9.17, 15) is 27.1 Å². The fourth-order valence-electron chi connectivity index (χ4n) is 1.75. The van der Waals surface area contributed by atoms with Crippen molar-refractivity contribution < 1.29 is 27.1 Å². The quantitative estimate of drug-likeness (QED) is 0.881. The molecule has 1 N–H and O–H groups in total. The van der Waals surface area contributed by atoms with Crippen molar-refractivity contribution in [2.45, 2.75) is 11.4 Å². The van der Waals surface area contributed by atoms with E-state index < -0.39 is 32.5 Å². The Balaban J connectivity index is 2.18. The van der Waals surface area contributed by atoms with Gasteiger partial charge in [0, 0.05) is 6.54 Å². The Morgan fingerprint density at radius 2 is 1.59 bits per heavy atom. The smallest absolute Gasteiger partial charge is 0.246 e. The van der Waals surface area contributed by atoms with Crippen LogP contribution in [0.3, 0.4) is 0 Å². The van der Waals surface area contributed by atoms with Gasteiger partial charge in [0.2, 0.25) is 10.0 Å². The number of halogens is 2. The molecule has 8 heteroatoms. The first-order valence-corrected chi connectivity index (χ1v) is 7.53. The molecular formula is C14H10F2NO4S-. The van der Waals surface area contributed by atoms with Gasteiger partial charge in [-0.15, -0.1) is 0 Å². The van der Waals surface area contributed by atoms with Crippen molar-refractivity contribution in [1.29, 1.82) is 0 Å². The van der Waals surface area contributed by atoms with E-state index in [2.05, 4.69) is 4.72 Å². The molecule has 0 aliphatic heterocycles. The number of carboxylic acids is 1. The molecule has 0 heterocycles. The fourth-order valence-corrected chi connectivity index (χ4v) is 2.90. The Morgan fingerprint density at radius 1 is 1.05 bits per heavy atom. The van der Waals surface area contributed by atoms with Crippen LogP contribution in [0.2, 0.25) is 0 Å². The third-order valence-corrected chi connectivity index (χ3v) is 4.30. The molecule has 22 heavy (non-hydrogen) atoms. The third-order valence-electron chi connectivity index (χ3n) is 2.84. The number of rotatable bonds is 5. The Labute approximate surface area is 125 Å². The van der Waals surface area contributed by atoms with Crippen LogP contribution < -0.4 is 9.83 Å². The van der Waals surface area contributed by atoms with Gasteiger partial charge in [0.15, 0.2) is 4.90 Å². The van der Waals surface area contributed by atoms with E-state index in [1.54, 1.807) is 0 Å². The Hall–Kier alpha value is -2.32. The van der Waals surface area contributed by atoms with Crippen LogP contribution in [0.15, 0.2) is 47.4 Å². The van der Waals surface area contributed by atoms with Gasteiger partial charge in [0.05, 0.1) is 5.97 Å². The number of hydrogen-bond acceptors (Lipinski definition) is 4. The molecule has 0 spiro atoms. The molecule has 0 atom stereocenters. The molecule has 0 fully saturated rings. The Morgan fingerprint density at radius 3 is 2.09 bits per heavy atom. The highest BCUT2D eigenvalue weighted by Crippen LogP contribution is 2.18. The summed E-state index contributed by atoms with van der Waals surface area (Å²) in [4.78, 5) is 9.53. The number of carboxylic acid groups (broad SMARTS) is 1. The second-order valence-corrected chi connectivity index (χ2v) is 6.06. The summed E-state index contributed by atoms with van der Waals surface area (Å²) < 4.78 is 52.9. The van der Waals surface area contributed by atoms with Gasteiger partial charge in [0.1, 0.15) is 11.6 Å². The number of nitrogens with one attached hydrogen (secondary N) is 1. The van der Waals surface area contributed by atoms with Gasteiger partial charge >= 0.3 is 0 Å². The first-order valence-electron chi connectivity index (χ1n) is 6.05. The summed E-state index contributed by atoms with van der Waals surface area (Å²) >= 11 is 0. The lowest BCUT2D eigenvalue weighted by Gasteiger charge is -2.09. The lowest BCUT2D eigenvalue weighted by Crippen LogP contribution is -2.25. The maximum absolute atomic E-state index is 13.5. The summed E-state index contributed by atoms with van der Waals surface area (Å²) in [5, 5.41) is 10.6. The number of carbonyl (C=O) groups excluding carboxylic acids is 1. The van der Waals surface area contributed by atoms with Crippen molar-refractivity contribution in [1.82, 2.24) is 4.72 Å². The zero-order chi connectivity index (χ0) is 16.3. The van der Waals surface area contributed by atoms with Gasteiger partial charge < -0.3 is 9.90 Å². The molecule has 0 aromatic heterocycles. The largest absolute Gasteiger partial charge is 0.545 e. The van der Waals surface area contributed by atoms with Crippen LogP contribution >= 0.6 is 0 Å². The molecule has 2 aromatic carbocycles. The van der Waals surface area contributed by atoms with Crippen molar-refractivity contribution in [3.63, 3.8) is 0 Å². The highest BCUT2D eigenvalue weighted by molar-refractivity contribution is 7.89. The van der Waals surface area contributed by atoms with Gasteiger partial charge in [-0.3, -0.25) is 0 Å². The van der Waals surface area contributed by atoms with E-state index in [4.69, 9.17) is 0 Å². The van der Waals surface area contributed by atoms with Crippen molar-refractivity contribution in [2.24, 2.45) is 0 Å². The fraction of sp³-hybridized carbons (Fsp3) is 0.0714. The zero-order valence-corrected chi connectivity index (χ0v) is 11.9. The minimum Gasteiger partial charge on any atom is -0.545 e.